The van der Waals surface area contributed by atoms with Crippen molar-refractivity contribution in [1.82, 2.24) is 4.90 Å². The second kappa shape index (κ2) is 6.86. The molecule has 0 unspecified atom stereocenters. The van der Waals surface area contributed by atoms with Crippen molar-refractivity contribution >= 4 is 5.91 Å². The monoisotopic (exact) mass is 309 g/mol. The van der Waals surface area contributed by atoms with Crippen LogP contribution in [0.5, 0.6) is 5.75 Å². The van der Waals surface area contributed by atoms with Gasteiger partial charge in [0.25, 0.3) is 5.91 Å². The molecule has 1 aliphatic carbocycles. The van der Waals surface area contributed by atoms with Gasteiger partial charge in [-0.05, 0) is 55.0 Å². The number of benzene rings is 2. The van der Waals surface area contributed by atoms with E-state index in [1.165, 1.54) is 24.0 Å². The lowest BCUT2D eigenvalue weighted by atomic mass is 9.90. The van der Waals surface area contributed by atoms with Crippen LogP contribution < -0.4 is 4.74 Å². The van der Waals surface area contributed by atoms with Gasteiger partial charge in [0.2, 0.25) is 0 Å². The summed E-state index contributed by atoms with van der Waals surface area (Å²) in [6.45, 7) is 0.542. The fourth-order valence-corrected chi connectivity index (χ4v) is 3.25. The minimum absolute atomic E-state index is 0.0595. The van der Waals surface area contributed by atoms with Crippen molar-refractivity contribution in [3.63, 3.8) is 0 Å². The molecule has 1 aliphatic rings. The van der Waals surface area contributed by atoms with Crippen LogP contribution in [0.2, 0.25) is 0 Å². The standard InChI is InChI=1S/C20H23NO2/c1-21(14-18-9-5-6-10-19(18)23-2)20(22)17-12-11-15-7-3-4-8-16(15)13-17/h5-6,9-13H,3-4,7-8,14H2,1-2H3. The molecule has 0 saturated heterocycles. The fraction of sp³-hybridized carbons (Fsp3) is 0.350. The summed E-state index contributed by atoms with van der Waals surface area (Å²) in [5, 5.41) is 0. The zero-order valence-corrected chi connectivity index (χ0v) is 13.8. The molecule has 2 aromatic rings. The van der Waals surface area contributed by atoms with E-state index in [2.05, 4.69) is 12.1 Å². The molecular formula is C20H23NO2. The molecule has 0 aliphatic heterocycles. The Balaban J connectivity index is 1.77. The van der Waals surface area contributed by atoms with Crippen molar-refractivity contribution in [1.29, 1.82) is 0 Å². The molecule has 0 saturated carbocycles. The number of carbonyl (C=O) groups is 1. The van der Waals surface area contributed by atoms with Crippen LogP contribution in [-0.4, -0.2) is 25.0 Å². The first-order valence-electron chi connectivity index (χ1n) is 8.18. The van der Waals surface area contributed by atoms with Gasteiger partial charge in [0.15, 0.2) is 0 Å². The summed E-state index contributed by atoms with van der Waals surface area (Å²) in [4.78, 5) is 14.5. The number of methoxy groups -OCH3 is 1. The Morgan fingerprint density at radius 1 is 1.09 bits per heavy atom. The smallest absolute Gasteiger partial charge is 0.253 e. The van der Waals surface area contributed by atoms with Crippen LogP contribution in [0, 0.1) is 0 Å². The maximum atomic E-state index is 12.7. The lowest BCUT2D eigenvalue weighted by molar-refractivity contribution is 0.0784. The molecular weight excluding hydrogens is 286 g/mol. The molecule has 3 nitrogen and oxygen atoms in total. The summed E-state index contributed by atoms with van der Waals surface area (Å²) in [5.74, 6) is 0.877. The number of hydrogen-bond acceptors (Lipinski definition) is 2. The zero-order chi connectivity index (χ0) is 16.2. The molecule has 0 aromatic heterocycles. The molecule has 0 bridgehead atoms. The van der Waals surface area contributed by atoms with Crippen LogP contribution in [0.4, 0.5) is 0 Å². The SMILES string of the molecule is COc1ccccc1CN(C)C(=O)c1ccc2c(c1)CCCC2. The van der Waals surface area contributed by atoms with E-state index in [1.807, 2.05) is 37.4 Å². The molecule has 0 spiro atoms. The van der Waals surface area contributed by atoms with Gasteiger partial charge in [-0.2, -0.15) is 0 Å². The molecule has 0 heterocycles. The Hall–Kier alpha value is -2.29. The number of nitrogens with zero attached hydrogens (tertiary/aromatic N) is 1. The number of rotatable bonds is 4. The van der Waals surface area contributed by atoms with Gasteiger partial charge in [0.1, 0.15) is 5.75 Å². The highest BCUT2D eigenvalue weighted by Gasteiger charge is 2.16. The van der Waals surface area contributed by atoms with Crippen molar-refractivity contribution in [2.75, 3.05) is 14.2 Å². The van der Waals surface area contributed by atoms with Crippen LogP contribution >= 0.6 is 0 Å². The highest BCUT2D eigenvalue weighted by atomic mass is 16.5. The minimum Gasteiger partial charge on any atom is -0.496 e. The summed E-state index contributed by atoms with van der Waals surface area (Å²) in [6, 6.07) is 14.0. The van der Waals surface area contributed by atoms with Crippen molar-refractivity contribution in [2.45, 2.75) is 32.2 Å². The Morgan fingerprint density at radius 3 is 2.61 bits per heavy atom. The molecule has 120 valence electrons. The van der Waals surface area contributed by atoms with Crippen molar-refractivity contribution < 1.29 is 9.53 Å². The summed E-state index contributed by atoms with van der Waals surface area (Å²) in [7, 11) is 3.50. The molecule has 1 amide bonds. The predicted molar refractivity (Wildman–Crippen MR) is 91.9 cm³/mol. The van der Waals surface area contributed by atoms with E-state index in [9.17, 15) is 4.79 Å². The number of hydrogen-bond donors (Lipinski definition) is 0. The van der Waals surface area contributed by atoms with Gasteiger partial charge in [-0.3, -0.25) is 4.79 Å². The number of aryl methyl sites for hydroxylation is 2. The highest BCUT2D eigenvalue weighted by Crippen LogP contribution is 2.24. The largest absolute Gasteiger partial charge is 0.496 e. The van der Waals surface area contributed by atoms with E-state index in [-0.39, 0.29) is 5.91 Å². The van der Waals surface area contributed by atoms with E-state index >= 15 is 0 Å². The second-order valence-corrected chi connectivity index (χ2v) is 6.16. The van der Waals surface area contributed by atoms with E-state index < -0.39 is 0 Å². The third kappa shape index (κ3) is 3.39. The first-order chi connectivity index (χ1) is 11.2. The Bertz CT molecular complexity index is 709. The number of carbonyl (C=O) groups excluding carboxylic acids is 1. The number of ether oxygens (including phenoxy) is 1. The molecule has 3 heteroatoms. The van der Waals surface area contributed by atoms with Crippen LogP contribution in [0.15, 0.2) is 42.5 Å². The Labute approximate surface area is 137 Å². The van der Waals surface area contributed by atoms with Crippen molar-refractivity contribution in [3.8, 4) is 5.75 Å². The number of fused-ring (bicyclic) bond motifs is 1. The van der Waals surface area contributed by atoms with Gasteiger partial charge in [0.05, 0.1) is 7.11 Å². The Kier molecular flexibility index (Phi) is 4.65. The van der Waals surface area contributed by atoms with Gasteiger partial charge in [-0.25, -0.2) is 0 Å². The molecule has 0 radical (unpaired) electrons. The van der Waals surface area contributed by atoms with Crippen LogP contribution in [-0.2, 0) is 19.4 Å². The normalized spacial score (nSPS) is 13.3. The lowest BCUT2D eigenvalue weighted by Gasteiger charge is -2.21. The minimum atomic E-state index is 0.0595. The predicted octanol–water partition coefficient (Wildman–Crippen LogP) is 3.85. The molecule has 0 fully saturated rings. The number of amides is 1. The maximum absolute atomic E-state index is 12.7. The maximum Gasteiger partial charge on any atom is 0.253 e. The Morgan fingerprint density at radius 2 is 1.83 bits per heavy atom. The first kappa shape index (κ1) is 15.6. The van der Waals surface area contributed by atoms with Crippen LogP contribution in [0.25, 0.3) is 0 Å². The average molecular weight is 309 g/mol. The topological polar surface area (TPSA) is 29.5 Å². The second-order valence-electron chi connectivity index (χ2n) is 6.16. The molecule has 23 heavy (non-hydrogen) atoms. The summed E-state index contributed by atoms with van der Waals surface area (Å²) >= 11 is 0. The third-order valence-electron chi connectivity index (χ3n) is 4.54. The first-order valence-corrected chi connectivity index (χ1v) is 8.18. The molecule has 0 N–H and O–H groups in total. The third-order valence-corrected chi connectivity index (χ3v) is 4.54. The fourth-order valence-electron chi connectivity index (χ4n) is 3.25. The quantitative estimate of drug-likeness (QED) is 0.858. The van der Waals surface area contributed by atoms with Gasteiger partial charge < -0.3 is 9.64 Å². The van der Waals surface area contributed by atoms with Gasteiger partial charge in [0, 0.05) is 24.7 Å². The van der Waals surface area contributed by atoms with Crippen LogP contribution in [0.1, 0.15) is 39.9 Å². The molecule has 0 atom stereocenters. The lowest BCUT2D eigenvalue weighted by Crippen LogP contribution is -2.26. The van der Waals surface area contributed by atoms with Crippen molar-refractivity contribution in [2.24, 2.45) is 0 Å². The van der Waals surface area contributed by atoms with Crippen LogP contribution in [0.3, 0.4) is 0 Å². The average Bonchev–Trinajstić information content (AvgIpc) is 2.61. The highest BCUT2D eigenvalue weighted by molar-refractivity contribution is 5.94. The van der Waals surface area contributed by atoms with Gasteiger partial charge in [-0.1, -0.05) is 24.3 Å². The van der Waals surface area contributed by atoms with Gasteiger partial charge in [-0.15, -0.1) is 0 Å². The van der Waals surface area contributed by atoms with E-state index in [1.54, 1.807) is 12.0 Å². The van der Waals surface area contributed by atoms with Crippen molar-refractivity contribution in [3.05, 3.63) is 64.7 Å². The molecule has 2 aromatic carbocycles. The summed E-state index contributed by atoms with van der Waals surface area (Å²) in [6.07, 6.45) is 4.71. The number of para-hydroxylation sites is 1. The summed E-state index contributed by atoms with van der Waals surface area (Å²) < 4.78 is 5.37. The van der Waals surface area contributed by atoms with E-state index in [0.717, 1.165) is 29.7 Å². The van der Waals surface area contributed by atoms with E-state index in [4.69, 9.17) is 4.74 Å². The van der Waals surface area contributed by atoms with Gasteiger partial charge >= 0.3 is 0 Å². The zero-order valence-electron chi connectivity index (χ0n) is 13.8. The van der Waals surface area contributed by atoms with E-state index in [0.29, 0.717) is 6.54 Å². The summed E-state index contributed by atoms with van der Waals surface area (Å²) in [5.41, 5.74) is 4.54. The molecule has 3 rings (SSSR count).